The molecule has 0 bridgehead atoms. The van der Waals surface area contributed by atoms with E-state index in [4.69, 9.17) is 11.6 Å². The van der Waals surface area contributed by atoms with Crippen LogP contribution in [0.3, 0.4) is 0 Å². The first-order chi connectivity index (χ1) is 10.9. The van der Waals surface area contributed by atoms with Gasteiger partial charge in [0.15, 0.2) is 0 Å². The molecule has 0 radical (unpaired) electrons. The van der Waals surface area contributed by atoms with E-state index in [0.717, 1.165) is 4.88 Å². The maximum atomic E-state index is 13.2. The summed E-state index contributed by atoms with van der Waals surface area (Å²) in [6.45, 7) is 1.30. The number of amides is 1. The average Bonchev–Trinajstić information content (AvgIpc) is 2.91. The molecule has 1 aliphatic rings. The van der Waals surface area contributed by atoms with E-state index in [2.05, 4.69) is 10.6 Å². The van der Waals surface area contributed by atoms with Crippen LogP contribution in [0.5, 0.6) is 0 Å². The van der Waals surface area contributed by atoms with E-state index < -0.39 is 18.8 Å². The summed E-state index contributed by atoms with van der Waals surface area (Å²) < 4.78 is 39.5. The van der Waals surface area contributed by atoms with Crippen molar-refractivity contribution < 1.29 is 18.0 Å². The van der Waals surface area contributed by atoms with E-state index in [1.807, 2.05) is 0 Å². The van der Waals surface area contributed by atoms with Gasteiger partial charge in [-0.05, 0) is 12.5 Å². The van der Waals surface area contributed by atoms with E-state index in [9.17, 15) is 18.0 Å². The van der Waals surface area contributed by atoms with E-state index >= 15 is 0 Å². The molecule has 0 spiro atoms. The van der Waals surface area contributed by atoms with Crippen LogP contribution in [0.2, 0.25) is 5.02 Å². The third kappa shape index (κ3) is 6.76. The number of aryl methyl sites for hydroxylation is 1. The highest BCUT2D eigenvalue weighted by Gasteiger charge is 2.43. The van der Waals surface area contributed by atoms with Crippen molar-refractivity contribution in [2.24, 2.45) is 0 Å². The van der Waals surface area contributed by atoms with Crippen molar-refractivity contribution in [1.29, 1.82) is 0 Å². The second-order valence-corrected chi connectivity index (χ2v) is 6.81. The number of halogens is 5. The lowest BCUT2D eigenvalue weighted by atomic mass is 10.2. The number of nitrogens with one attached hydrogen (secondary N) is 2. The van der Waals surface area contributed by atoms with Crippen LogP contribution in [-0.4, -0.2) is 55.7 Å². The van der Waals surface area contributed by atoms with Crippen LogP contribution in [0, 0.1) is 0 Å². The lowest BCUT2D eigenvalue weighted by Crippen LogP contribution is -2.57. The smallest absolute Gasteiger partial charge is 0.354 e. The van der Waals surface area contributed by atoms with Crippen molar-refractivity contribution in [3.05, 3.63) is 21.3 Å². The molecule has 1 unspecified atom stereocenters. The molecule has 10 heteroatoms. The fraction of sp³-hybridized carbons (Fsp3) is 0.643. The summed E-state index contributed by atoms with van der Waals surface area (Å²) >= 11 is 7.22. The van der Waals surface area contributed by atoms with Gasteiger partial charge < -0.3 is 10.6 Å². The van der Waals surface area contributed by atoms with Crippen LogP contribution >= 0.6 is 35.3 Å². The number of piperazine rings is 1. The van der Waals surface area contributed by atoms with Gasteiger partial charge in [-0.15, -0.1) is 23.7 Å². The van der Waals surface area contributed by atoms with Crippen molar-refractivity contribution in [2.45, 2.75) is 25.1 Å². The second kappa shape index (κ2) is 9.82. The first-order valence-electron chi connectivity index (χ1n) is 7.37. The number of alkyl halides is 3. The molecule has 0 saturated carbocycles. The SMILES string of the molecule is Cl.O=C(CCc1cc(Cl)cs1)NCC(N1CCNCC1)C(F)(F)F. The van der Waals surface area contributed by atoms with Gasteiger partial charge >= 0.3 is 6.18 Å². The number of hydrogen-bond acceptors (Lipinski definition) is 4. The van der Waals surface area contributed by atoms with E-state index in [1.165, 1.54) is 16.2 Å². The molecule has 0 aliphatic carbocycles. The molecule has 2 rings (SSSR count). The molecule has 1 aliphatic heterocycles. The van der Waals surface area contributed by atoms with Crippen molar-refractivity contribution >= 4 is 41.3 Å². The molecular formula is C14H20Cl2F3N3OS. The van der Waals surface area contributed by atoms with E-state index in [-0.39, 0.29) is 24.7 Å². The van der Waals surface area contributed by atoms with Gasteiger partial charge in [-0.1, -0.05) is 11.6 Å². The minimum Gasteiger partial charge on any atom is -0.354 e. The summed E-state index contributed by atoms with van der Waals surface area (Å²) in [7, 11) is 0. The molecule has 1 fully saturated rings. The Hall–Kier alpha value is -0.540. The molecule has 138 valence electrons. The second-order valence-electron chi connectivity index (χ2n) is 5.38. The van der Waals surface area contributed by atoms with Crippen LogP contribution in [-0.2, 0) is 11.2 Å². The molecule has 4 nitrogen and oxygen atoms in total. The summed E-state index contributed by atoms with van der Waals surface area (Å²) in [6, 6.07) is 0.128. The molecule has 1 saturated heterocycles. The minimum absolute atomic E-state index is 0. The van der Waals surface area contributed by atoms with Gasteiger partial charge in [0.1, 0.15) is 6.04 Å². The van der Waals surface area contributed by atoms with E-state index in [0.29, 0.717) is 37.6 Å². The van der Waals surface area contributed by atoms with Crippen LogP contribution in [0.4, 0.5) is 13.2 Å². The lowest BCUT2D eigenvalue weighted by molar-refractivity contribution is -0.184. The average molecular weight is 406 g/mol. The van der Waals surface area contributed by atoms with Crippen molar-refractivity contribution in [2.75, 3.05) is 32.7 Å². The zero-order valence-corrected chi connectivity index (χ0v) is 15.3. The zero-order valence-electron chi connectivity index (χ0n) is 12.9. The Kier molecular flexibility index (Phi) is 8.80. The van der Waals surface area contributed by atoms with Gasteiger partial charge in [-0.3, -0.25) is 9.69 Å². The van der Waals surface area contributed by atoms with E-state index in [1.54, 1.807) is 11.4 Å². The minimum atomic E-state index is -4.36. The third-order valence-electron chi connectivity index (χ3n) is 3.68. The molecule has 2 N–H and O–H groups in total. The fourth-order valence-corrected chi connectivity index (χ4v) is 3.54. The van der Waals surface area contributed by atoms with Crippen molar-refractivity contribution in [3.63, 3.8) is 0 Å². The number of carbonyl (C=O) groups is 1. The monoisotopic (exact) mass is 405 g/mol. The summed E-state index contributed by atoms with van der Waals surface area (Å²) in [4.78, 5) is 14.1. The molecule has 1 amide bonds. The first-order valence-corrected chi connectivity index (χ1v) is 8.63. The van der Waals surface area contributed by atoms with Gasteiger partial charge in [-0.2, -0.15) is 13.2 Å². The van der Waals surface area contributed by atoms with Gasteiger partial charge in [0, 0.05) is 49.4 Å². The predicted octanol–water partition coefficient (Wildman–Crippen LogP) is 2.71. The molecular weight excluding hydrogens is 386 g/mol. The Morgan fingerprint density at radius 2 is 2.08 bits per heavy atom. The largest absolute Gasteiger partial charge is 0.405 e. The number of rotatable bonds is 6. The van der Waals surface area contributed by atoms with Gasteiger partial charge in [-0.25, -0.2) is 0 Å². The highest BCUT2D eigenvalue weighted by atomic mass is 35.5. The normalized spacial score (nSPS) is 17.2. The Labute approximate surface area is 154 Å². The lowest BCUT2D eigenvalue weighted by Gasteiger charge is -2.35. The van der Waals surface area contributed by atoms with Crippen LogP contribution in [0.1, 0.15) is 11.3 Å². The Morgan fingerprint density at radius 1 is 1.42 bits per heavy atom. The summed E-state index contributed by atoms with van der Waals surface area (Å²) in [6.07, 6.45) is -3.72. The molecule has 1 atom stereocenters. The highest BCUT2D eigenvalue weighted by molar-refractivity contribution is 7.10. The standard InChI is InChI=1S/C14H19ClF3N3OS.ClH/c15-10-7-11(23-9-10)1-2-13(22)20-8-12(14(16,17)18)21-5-3-19-4-6-21;/h7,9,12,19H,1-6,8H2,(H,20,22);1H. The number of nitrogens with zero attached hydrogens (tertiary/aromatic N) is 1. The zero-order chi connectivity index (χ0) is 16.9. The van der Waals surface area contributed by atoms with Gasteiger partial charge in [0.2, 0.25) is 5.91 Å². The maximum Gasteiger partial charge on any atom is 0.405 e. The van der Waals surface area contributed by atoms with Crippen LogP contribution < -0.4 is 10.6 Å². The summed E-state index contributed by atoms with van der Waals surface area (Å²) in [5.41, 5.74) is 0. The topological polar surface area (TPSA) is 44.4 Å². The molecule has 0 aromatic carbocycles. The first kappa shape index (κ1) is 21.5. The Balaban J connectivity index is 0.00000288. The molecule has 2 heterocycles. The number of thiophene rings is 1. The van der Waals surface area contributed by atoms with Crippen molar-refractivity contribution in [3.8, 4) is 0 Å². The fourth-order valence-electron chi connectivity index (χ4n) is 2.47. The number of carbonyl (C=O) groups excluding carboxylic acids is 1. The van der Waals surface area contributed by atoms with Crippen LogP contribution in [0.25, 0.3) is 0 Å². The van der Waals surface area contributed by atoms with Crippen molar-refractivity contribution in [1.82, 2.24) is 15.5 Å². The molecule has 1 aromatic rings. The predicted molar refractivity (Wildman–Crippen MR) is 92.2 cm³/mol. The van der Waals surface area contributed by atoms with Crippen LogP contribution in [0.15, 0.2) is 11.4 Å². The van der Waals surface area contributed by atoms with Gasteiger partial charge in [0.25, 0.3) is 0 Å². The summed E-state index contributed by atoms with van der Waals surface area (Å²) in [5.74, 6) is -0.376. The quantitative estimate of drug-likeness (QED) is 0.764. The molecule has 24 heavy (non-hydrogen) atoms. The third-order valence-corrected chi connectivity index (χ3v) is 5.03. The summed E-state index contributed by atoms with van der Waals surface area (Å²) in [5, 5.41) is 7.81. The Morgan fingerprint density at radius 3 is 2.62 bits per heavy atom. The Bertz CT molecular complexity index is 522. The number of hydrogen-bond donors (Lipinski definition) is 2. The highest BCUT2D eigenvalue weighted by Crippen LogP contribution is 2.25. The molecule has 1 aromatic heterocycles. The maximum absolute atomic E-state index is 13.2. The van der Waals surface area contributed by atoms with Gasteiger partial charge in [0.05, 0.1) is 5.02 Å².